The molecule has 2 aromatic carbocycles. The summed E-state index contributed by atoms with van der Waals surface area (Å²) in [6.45, 7) is 2.34. The zero-order chi connectivity index (χ0) is 17.8. The molecule has 2 N–H and O–H groups in total. The highest BCUT2D eigenvalue weighted by Crippen LogP contribution is 2.22. The summed E-state index contributed by atoms with van der Waals surface area (Å²) in [5.41, 5.74) is 2.31. The maximum Gasteiger partial charge on any atom is 0.319 e. The van der Waals surface area contributed by atoms with Crippen molar-refractivity contribution in [1.82, 2.24) is 5.32 Å². The molecule has 1 saturated heterocycles. The van der Waals surface area contributed by atoms with E-state index in [-0.39, 0.29) is 24.4 Å². The average molecular weight is 341 g/mol. The maximum absolute atomic E-state index is 13.4. The highest BCUT2D eigenvalue weighted by molar-refractivity contribution is 5.97. The summed E-state index contributed by atoms with van der Waals surface area (Å²) in [6, 6.07) is 12.8. The Labute approximate surface area is 145 Å². The number of anilines is 2. The minimum atomic E-state index is -0.393. The molecule has 1 unspecified atom stereocenters. The molecule has 5 nitrogen and oxygen atoms in total. The first-order valence-corrected chi connectivity index (χ1v) is 8.28. The molecule has 130 valence electrons. The van der Waals surface area contributed by atoms with E-state index in [0.29, 0.717) is 12.2 Å². The molecule has 1 atom stereocenters. The van der Waals surface area contributed by atoms with Gasteiger partial charge in [-0.3, -0.25) is 4.79 Å². The second-order valence-corrected chi connectivity index (χ2v) is 5.99. The summed E-state index contributed by atoms with van der Waals surface area (Å²) in [5, 5.41) is 5.64. The van der Waals surface area contributed by atoms with Gasteiger partial charge in [0.2, 0.25) is 5.91 Å². The number of hydrogen-bond donors (Lipinski definition) is 2. The fraction of sp³-hybridized carbons (Fsp3) is 0.263. The number of nitrogens with one attached hydrogen (secondary N) is 2. The molecule has 1 aliphatic rings. The lowest BCUT2D eigenvalue weighted by Gasteiger charge is -2.18. The summed E-state index contributed by atoms with van der Waals surface area (Å²) >= 11 is 0. The van der Waals surface area contributed by atoms with Gasteiger partial charge >= 0.3 is 6.03 Å². The third-order valence-corrected chi connectivity index (χ3v) is 4.23. The van der Waals surface area contributed by atoms with Crippen molar-refractivity contribution in [3.05, 3.63) is 59.9 Å². The third kappa shape index (κ3) is 3.96. The van der Waals surface area contributed by atoms with E-state index in [2.05, 4.69) is 10.6 Å². The zero-order valence-corrected chi connectivity index (χ0v) is 14.0. The Morgan fingerprint density at radius 2 is 2.04 bits per heavy atom. The lowest BCUT2D eigenvalue weighted by atomic mass is 10.1. The summed E-state index contributed by atoms with van der Waals surface area (Å²) in [7, 11) is 0. The van der Waals surface area contributed by atoms with E-state index < -0.39 is 5.82 Å². The number of halogens is 1. The average Bonchev–Trinajstić information content (AvgIpc) is 2.95. The summed E-state index contributed by atoms with van der Waals surface area (Å²) < 4.78 is 13.4. The van der Waals surface area contributed by atoms with Gasteiger partial charge in [0, 0.05) is 24.3 Å². The molecule has 6 heteroatoms. The fourth-order valence-corrected chi connectivity index (χ4v) is 2.99. The van der Waals surface area contributed by atoms with Crippen LogP contribution in [0.3, 0.4) is 0 Å². The number of urea groups is 1. The molecule has 1 aliphatic heterocycles. The first-order chi connectivity index (χ1) is 12.1. The number of amides is 3. The van der Waals surface area contributed by atoms with Gasteiger partial charge in [-0.05, 0) is 36.2 Å². The summed E-state index contributed by atoms with van der Waals surface area (Å²) in [4.78, 5) is 25.9. The maximum atomic E-state index is 13.4. The lowest BCUT2D eigenvalue weighted by molar-refractivity contribution is -0.117. The Morgan fingerprint density at radius 3 is 2.80 bits per heavy atom. The molecule has 0 aliphatic carbocycles. The first-order valence-electron chi connectivity index (χ1n) is 8.28. The van der Waals surface area contributed by atoms with E-state index in [1.807, 2.05) is 31.2 Å². The van der Waals surface area contributed by atoms with Crippen molar-refractivity contribution in [2.75, 3.05) is 16.8 Å². The predicted molar refractivity (Wildman–Crippen MR) is 95.1 cm³/mol. The van der Waals surface area contributed by atoms with Crippen molar-refractivity contribution >= 4 is 23.3 Å². The predicted octanol–water partition coefficient (Wildman–Crippen LogP) is 3.32. The van der Waals surface area contributed by atoms with E-state index in [1.54, 1.807) is 12.1 Å². The number of carbonyl (C=O) groups excluding carboxylic acids is 2. The summed E-state index contributed by atoms with van der Waals surface area (Å²) in [5.74, 6) is -0.527. The number of carbonyl (C=O) groups is 2. The number of nitrogens with zero attached hydrogens (tertiary/aromatic N) is 1. The van der Waals surface area contributed by atoms with E-state index in [9.17, 15) is 14.0 Å². The number of rotatable bonds is 4. The number of aryl methyl sites for hydroxylation is 1. The smallest absolute Gasteiger partial charge is 0.319 e. The Morgan fingerprint density at radius 1 is 1.24 bits per heavy atom. The van der Waals surface area contributed by atoms with Crippen LogP contribution in [0.25, 0.3) is 0 Å². The van der Waals surface area contributed by atoms with Crippen molar-refractivity contribution in [3.8, 4) is 0 Å². The molecule has 2 aromatic rings. The van der Waals surface area contributed by atoms with Crippen LogP contribution >= 0.6 is 0 Å². The number of para-hydroxylation sites is 1. The zero-order valence-electron chi connectivity index (χ0n) is 14.0. The van der Waals surface area contributed by atoms with Gasteiger partial charge in [0.05, 0.1) is 6.04 Å². The normalized spacial score (nSPS) is 16.8. The van der Waals surface area contributed by atoms with Crippen LogP contribution in [0, 0.1) is 5.82 Å². The van der Waals surface area contributed by atoms with Crippen LogP contribution in [0.5, 0.6) is 0 Å². The van der Waals surface area contributed by atoms with Gasteiger partial charge in [0.25, 0.3) is 0 Å². The van der Waals surface area contributed by atoms with Crippen LogP contribution in [-0.4, -0.2) is 24.5 Å². The molecule has 0 bridgehead atoms. The molecular weight excluding hydrogens is 321 g/mol. The third-order valence-electron chi connectivity index (χ3n) is 4.23. The van der Waals surface area contributed by atoms with Crippen molar-refractivity contribution in [1.29, 1.82) is 0 Å². The van der Waals surface area contributed by atoms with Gasteiger partial charge in [-0.15, -0.1) is 0 Å². The molecule has 1 fully saturated rings. The molecule has 1 heterocycles. The lowest BCUT2D eigenvalue weighted by Crippen LogP contribution is -2.39. The molecule has 25 heavy (non-hydrogen) atoms. The Kier molecular flexibility index (Phi) is 4.97. The largest absolute Gasteiger partial charge is 0.333 e. The number of benzene rings is 2. The van der Waals surface area contributed by atoms with Crippen LogP contribution in [-0.2, 0) is 11.2 Å². The van der Waals surface area contributed by atoms with Gasteiger partial charge in [-0.1, -0.05) is 31.2 Å². The van der Waals surface area contributed by atoms with Crippen LogP contribution in [0.4, 0.5) is 20.6 Å². The van der Waals surface area contributed by atoms with Gasteiger partial charge < -0.3 is 15.5 Å². The molecule has 0 radical (unpaired) electrons. The SMILES string of the molecule is CCc1ccccc1NC(=O)NC1CC(=O)N(c2cccc(F)c2)C1. The minimum Gasteiger partial charge on any atom is -0.333 e. The summed E-state index contributed by atoms with van der Waals surface area (Å²) in [6.07, 6.45) is 1.01. The van der Waals surface area contributed by atoms with Gasteiger partial charge in [-0.2, -0.15) is 0 Å². The molecule has 0 saturated carbocycles. The minimum absolute atomic E-state index is 0.134. The van der Waals surface area contributed by atoms with E-state index in [1.165, 1.54) is 17.0 Å². The molecule has 0 spiro atoms. The molecule has 3 amide bonds. The Bertz CT molecular complexity index is 794. The highest BCUT2D eigenvalue weighted by Gasteiger charge is 2.31. The van der Waals surface area contributed by atoms with E-state index in [4.69, 9.17) is 0 Å². The van der Waals surface area contributed by atoms with E-state index >= 15 is 0 Å². The van der Waals surface area contributed by atoms with E-state index in [0.717, 1.165) is 17.7 Å². The molecular formula is C19H20FN3O2. The molecule has 0 aromatic heterocycles. The Hall–Kier alpha value is -2.89. The van der Waals surface area contributed by atoms with Gasteiger partial charge in [0.15, 0.2) is 0 Å². The van der Waals surface area contributed by atoms with Crippen LogP contribution < -0.4 is 15.5 Å². The van der Waals surface area contributed by atoms with Crippen molar-refractivity contribution in [2.45, 2.75) is 25.8 Å². The quantitative estimate of drug-likeness (QED) is 0.896. The fourth-order valence-electron chi connectivity index (χ4n) is 2.99. The first kappa shape index (κ1) is 17.0. The van der Waals surface area contributed by atoms with Crippen LogP contribution in [0.1, 0.15) is 18.9 Å². The van der Waals surface area contributed by atoms with Crippen molar-refractivity contribution in [3.63, 3.8) is 0 Å². The standard InChI is InChI=1S/C19H20FN3O2/c1-2-13-6-3-4-9-17(13)22-19(25)21-15-11-18(24)23(12-15)16-8-5-7-14(20)10-16/h3-10,15H,2,11-12H2,1H3,(H2,21,22,25). The number of hydrogen-bond acceptors (Lipinski definition) is 2. The molecule has 3 rings (SSSR count). The topological polar surface area (TPSA) is 61.4 Å². The van der Waals surface area contributed by atoms with Gasteiger partial charge in [-0.25, -0.2) is 9.18 Å². The second kappa shape index (κ2) is 7.34. The van der Waals surface area contributed by atoms with Crippen LogP contribution in [0.15, 0.2) is 48.5 Å². The highest BCUT2D eigenvalue weighted by atomic mass is 19.1. The van der Waals surface area contributed by atoms with Gasteiger partial charge in [0.1, 0.15) is 5.82 Å². The van der Waals surface area contributed by atoms with Crippen molar-refractivity contribution in [2.24, 2.45) is 0 Å². The Balaban J connectivity index is 1.62. The monoisotopic (exact) mass is 341 g/mol. The van der Waals surface area contributed by atoms with Crippen molar-refractivity contribution < 1.29 is 14.0 Å². The van der Waals surface area contributed by atoms with Crippen LogP contribution in [0.2, 0.25) is 0 Å². The second-order valence-electron chi connectivity index (χ2n) is 5.99.